The van der Waals surface area contributed by atoms with Gasteiger partial charge in [-0.3, -0.25) is 0 Å². The molecule has 0 aliphatic carbocycles. The maximum Gasteiger partial charge on any atom is 0.125 e. The molecular weight excluding hydrogens is 253 g/mol. The van der Waals surface area contributed by atoms with Gasteiger partial charge >= 0.3 is 0 Å². The summed E-state index contributed by atoms with van der Waals surface area (Å²) in [7, 11) is 0. The summed E-state index contributed by atoms with van der Waals surface area (Å²) in [6, 6.07) is 9.09. The molecule has 2 aromatic rings. The van der Waals surface area contributed by atoms with Crippen LogP contribution in [0.3, 0.4) is 0 Å². The van der Waals surface area contributed by atoms with E-state index in [1.807, 2.05) is 10.7 Å². The van der Waals surface area contributed by atoms with E-state index in [0.29, 0.717) is 5.92 Å². The SMILES string of the molecule is CC(C)Cc1cc2n(n1)C(c1cccc(F)c1)CCN2. The quantitative estimate of drug-likeness (QED) is 0.925. The number of hydrogen-bond donors (Lipinski definition) is 1. The number of benzene rings is 1. The van der Waals surface area contributed by atoms with E-state index in [1.54, 1.807) is 12.1 Å². The van der Waals surface area contributed by atoms with Gasteiger partial charge in [-0.1, -0.05) is 26.0 Å². The fourth-order valence-electron chi connectivity index (χ4n) is 2.81. The first-order chi connectivity index (χ1) is 9.63. The molecule has 0 bridgehead atoms. The second-order valence-electron chi connectivity index (χ2n) is 5.85. The number of hydrogen-bond acceptors (Lipinski definition) is 2. The molecule has 3 rings (SSSR count). The molecular formula is C16H20FN3. The second-order valence-corrected chi connectivity index (χ2v) is 5.85. The Balaban J connectivity index is 1.95. The zero-order valence-corrected chi connectivity index (χ0v) is 11.9. The van der Waals surface area contributed by atoms with Crippen LogP contribution in [-0.2, 0) is 6.42 Å². The minimum atomic E-state index is -0.183. The maximum atomic E-state index is 13.4. The van der Waals surface area contributed by atoms with Crippen LogP contribution in [0.1, 0.15) is 37.6 Å². The van der Waals surface area contributed by atoms with E-state index in [9.17, 15) is 4.39 Å². The van der Waals surface area contributed by atoms with Crippen LogP contribution < -0.4 is 5.32 Å². The summed E-state index contributed by atoms with van der Waals surface area (Å²) in [5.41, 5.74) is 2.10. The van der Waals surface area contributed by atoms with Crippen molar-refractivity contribution in [1.29, 1.82) is 0 Å². The predicted molar refractivity (Wildman–Crippen MR) is 78.4 cm³/mol. The highest BCUT2D eigenvalue weighted by Gasteiger charge is 2.23. The van der Waals surface area contributed by atoms with Gasteiger partial charge in [0.15, 0.2) is 0 Å². The van der Waals surface area contributed by atoms with Gasteiger partial charge in [-0.05, 0) is 36.5 Å². The minimum Gasteiger partial charge on any atom is -0.370 e. The highest BCUT2D eigenvalue weighted by atomic mass is 19.1. The average Bonchev–Trinajstić information content (AvgIpc) is 2.79. The summed E-state index contributed by atoms with van der Waals surface area (Å²) in [6.45, 7) is 5.28. The van der Waals surface area contributed by atoms with Crippen LogP contribution in [0.15, 0.2) is 30.3 Å². The Hall–Kier alpha value is -1.84. The van der Waals surface area contributed by atoms with Crippen molar-refractivity contribution < 1.29 is 4.39 Å². The first kappa shape index (κ1) is 13.2. The van der Waals surface area contributed by atoms with Gasteiger partial charge in [-0.15, -0.1) is 0 Å². The number of fused-ring (bicyclic) bond motifs is 1. The molecule has 2 heterocycles. The van der Waals surface area contributed by atoms with Crippen molar-refractivity contribution in [3.05, 3.63) is 47.4 Å². The zero-order valence-electron chi connectivity index (χ0n) is 11.9. The largest absolute Gasteiger partial charge is 0.370 e. The lowest BCUT2D eigenvalue weighted by molar-refractivity contribution is 0.472. The number of rotatable bonds is 3. The first-order valence-electron chi connectivity index (χ1n) is 7.21. The van der Waals surface area contributed by atoms with Crippen molar-refractivity contribution in [3.63, 3.8) is 0 Å². The van der Waals surface area contributed by atoms with Crippen molar-refractivity contribution >= 4 is 5.82 Å². The van der Waals surface area contributed by atoms with Gasteiger partial charge in [0.25, 0.3) is 0 Å². The molecule has 0 amide bonds. The smallest absolute Gasteiger partial charge is 0.125 e. The summed E-state index contributed by atoms with van der Waals surface area (Å²) < 4.78 is 15.4. The highest BCUT2D eigenvalue weighted by molar-refractivity contribution is 5.41. The molecule has 0 fully saturated rings. The van der Waals surface area contributed by atoms with Gasteiger partial charge < -0.3 is 5.32 Å². The van der Waals surface area contributed by atoms with Crippen LogP contribution >= 0.6 is 0 Å². The van der Waals surface area contributed by atoms with Gasteiger partial charge in [-0.25, -0.2) is 9.07 Å². The van der Waals surface area contributed by atoms with E-state index in [4.69, 9.17) is 5.10 Å². The van der Waals surface area contributed by atoms with Gasteiger partial charge in [0.05, 0.1) is 11.7 Å². The molecule has 1 aromatic carbocycles. The van der Waals surface area contributed by atoms with Crippen LogP contribution in [0.2, 0.25) is 0 Å². The molecule has 0 radical (unpaired) electrons. The van der Waals surface area contributed by atoms with Crippen LogP contribution in [0, 0.1) is 11.7 Å². The molecule has 1 aliphatic heterocycles. The lowest BCUT2D eigenvalue weighted by atomic mass is 10.0. The Labute approximate surface area is 118 Å². The lowest BCUT2D eigenvalue weighted by Crippen LogP contribution is -2.24. The van der Waals surface area contributed by atoms with Crippen molar-refractivity contribution in [3.8, 4) is 0 Å². The topological polar surface area (TPSA) is 29.9 Å². The lowest BCUT2D eigenvalue weighted by Gasteiger charge is -2.26. The summed E-state index contributed by atoms with van der Waals surface area (Å²) in [5, 5.41) is 8.09. The summed E-state index contributed by atoms with van der Waals surface area (Å²) in [5.74, 6) is 1.44. The molecule has 1 atom stereocenters. The van der Waals surface area contributed by atoms with Crippen LogP contribution in [-0.4, -0.2) is 16.3 Å². The van der Waals surface area contributed by atoms with Gasteiger partial charge in [0.1, 0.15) is 11.6 Å². The standard InChI is InChI=1S/C16H20FN3/c1-11(2)8-14-10-16-18-7-6-15(20(16)19-14)12-4-3-5-13(17)9-12/h3-5,9-11,15,18H,6-8H2,1-2H3. The molecule has 20 heavy (non-hydrogen) atoms. The second kappa shape index (κ2) is 5.27. The number of halogens is 1. The summed E-state index contributed by atoms with van der Waals surface area (Å²) in [4.78, 5) is 0. The van der Waals surface area contributed by atoms with Gasteiger partial charge in [0.2, 0.25) is 0 Å². The normalized spacial score (nSPS) is 17.9. The molecule has 3 nitrogen and oxygen atoms in total. The summed E-state index contributed by atoms with van der Waals surface area (Å²) in [6.07, 6.45) is 1.90. The average molecular weight is 273 g/mol. The number of nitrogens with one attached hydrogen (secondary N) is 1. The maximum absolute atomic E-state index is 13.4. The number of nitrogens with zero attached hydrogens (tertiary/aromatic N) is 2. The van der Waals surface area contributed by atoms with E-state index in [0.717, 1.165) is 36.5 Å². The van der Waals surface area contributed by atoms with Crippen molar-refractivity contribution in [2.24, 2.45) is 5.92 Å². The molecule has 1 aliphatic rings. The number of aromatic nitrogens is 2. The Morgan fingerprint density at radius 3 is 3.00 bits per heavy atom. The van der Waals surface area contributed by atoms with Gasteiger partial charge in [-0.2, -0.15) is 5.10 Å². The molecule has 0 saturated heterocycles. The molecule has 1 N–H and O–H groups in total. The van der Waals surface area contributed by atoms with Crippen LogP contribution in [0.5, 0.6) is 0 Å². The number of anilines is 1. The molecule has 1 unspecified atom stereocenters. The predicted octanol–water partition coefficient (Wildman–Crippen LogP) is 3.63. The Morgan fingerprint density at radius 2 is 2.25 bits per heavy atom. The van der Waals surface area contributed by atoms with Crippen molar-refractivity contribution in [2.75, 3.05) is 11.9 Å². The van der Waals surface area contributed by atoms with Crippen molar-refractivity contribution in [1.82, 2.24) is 9.78 Å². The van der Waals surface area contributed by atoms with Gasteiger partial charge in [0, 0.05) is 12.6 Å². The molecule has 0 saturated carbocycles. The fraction of sp³-hybridized carbons (Fsp3) is 0.438. The Morgan fingerprint density at radius 1 is 1.40 bits per heavy atom. The molecule has 4 heteroatoms. The zero-order chi connectivity index (χ0) is 14.1. The summed E-state index contributed by atoms with van der Waals surface area (Å²) >= 11 is 0. The monoisotopic (exact) mass is 273 g/mol. The Bertz CT molecular complexity index is 604. The molecule has 0 spiro atoms. The van der Waals surface area contributed by atoms with E-state index < -0.39 is 0 Å². The highest BCUT2D eigenvalue weighted by Crippen LogP contribution is 2.30. The third-order valence-corrected chi connectivity index (χ3v) is 3.66. The van der Waals surface area contributed by atoms with E-state index in [-0.39, 0.29) is 11.9 Å². The van der Waals surface area contributed by atoms with E-state index in [2.05, 4.69) is 25.2 Å². The fourth-order valence-corrected chi connectivity index (χ4v) is 2.81. The molecule has 106 valence electrons. The third-order valence-electron chi connectivity index (χ3n) is 3.66. The van der Waals surface area contributed by atoms with Crippen LogP contribution in [0.4, 0.5) is 10.2 Å². The van der Waals surface area contributed by atoms with E-state index in [1.165, 1.54) is 6.07 Å². The molecule has 1 aromatic heterocycles. The Kier molecular flexibility index (Phi) is 3.47. The van der Waals surface area contributed by atoms with E-state index >= 15 is 0 Å². The van der Waals surface area contributed by atoms with Crippen molar-refractivity contribution in [2.45, 2.75) is 32.7 Å². The third kappa shape index (κ3) is 2.55. The van der Waals surface area contributed by atoms with Crippen LogP contribution in [0.25, 0.3) is 0 Å². The first-order valence-corrected chi connectivity index (χ1v) is 7.21. The minimum absolute atomic E-state index is 0.128.